The van der Waals surface area contributed by atoms with E-state index in [4.69, 9.17) is 34.8 Å². The fourth-order valence-corrected chi connectivity index (χ4v) is 6.54. The average Bonchev–Trinajstić information content (AvgIpc) is 3.21. The van der Waals surface area contributed by atoms with Gasteiger partial charge in [0.15, 0.2) is 0 Å². The molecule has 1 saturated heterocycles. The molecule has 1 N–H and O–H groups in total. The Hall–Kier alpha value is -2.09. The molecule has 0 bridgehead atoms. The van der Waals surface area contributed by atoms with Gasteiger partial charge >= 0.3 is 6.03 Å². The highest BCUT2D eigenvalue weighted by Gasteiger charge is 2.47. The SMILES string of the molecule is O=C(NCc1ccnc(Cl)c1)N1CC2(CCN(CC=Cc3ccc(Cl)c(Cl)c3)CC2)c2c(Br)cccc21. The molecule has 37 heavy (non-hydrogen) atoms. The maximum atomic E-state index is 13.3. The lowest BCUT2D eigenvalue weighted by atomic mass is 9.74. The molecule has 192 valence electrons. The van der Waals surface area contributed by atoms with Crippen molar-refractivity contribution in [2.24, 2.45) is 0 Å². The van der Waals surface area contributed by atoms with Crippen molar-refractivity contribution in [2.75, 3.05) is 31.1 Å². The van der Waals surface area contributed by atoms with E-state index in [1.807, 2.05) is 41.3 Å². The summed E-state index contributed by atoms with van der Waals surface area (Å²) in [5.41, 5.74) is 4.10. The molecule has 5 nitrogen and oxygen atoms in total. The van der Waals surface area contributed by atoms with E-state index in [2.05, 4.69) is 49.3 Å². The van der Waals surface area contributed by atoms with Crippen LogP contribution in [0, 0.1) is 0 Å². The normalized spacial score (nSPS) is 16.9. The molecule has 2 aliphatic rings. The molecule has 1 fully saturated rings. The molecule has 0 aliphatic carbocycles. The van der Waals surface area contributed by atoms with E-state index < -0.39 is 0 Å². The third-order valence-electron chi connectivity index (χ3n) is 7.18. The second-order valence-electron chi connectivity index (χ2n) is 9.52. The number of amides is 2. The third-order valence-corrected chi connectivity index (χ3v) is 8.79. The Balaban J connectivity index is 1.25. The van der Waals surface area contributed by atoms with Gasteiger partial charge in [0, 0.05) is 35.7 Å². The van der Waals surface area contributed by atoms with Crippen molar-refractivity contribution in [1.82, 2.24) is 15.2 Å². The van der Waals surface area contributed by atoms with Gasteiger partial charge in [-0.1, -0.05) is 75.0 Å². The number of anilines is 1. The average molecular weight is 621 g/mol. The van der Waals surface area contributed by atoms with E-state index >= 15 is 0 Å². The van der Waals surface area contributed by atoms with E-state index in [1.165, 1.54) is 5.56 Å². The predicted octanol–water partition coefficient (Wildman–Crippen LogP) is 7.58. The molecule has 3 aromatic rings. The quantitative estimate of drug-likeness (QED) is 0.299. The number of carbonyl (C=O) groups is 1. The van der Waals surface area contributed by atoms with Crippen LogP contribution in [-0.4, -0.2) is 42.1 Å². The van der Waals surface area contributed by atoms with Gasteiger partial charge in [-0.15, -0.1) is 0 Å². The van der Waals surface area contributed by atoms with E-state index in [1.54, 1.807) is 12.3 Å². The zero-order valence-corrected chi connectivity index (χ0v) is 23.9. The number of hydrogen-bond acceptors (Lipinski definition) is 3. The van der Waals surface area contributed by atoms with E-state index in [9.17, 15) is 4.79 Å². The molecule has 1 aromatic heterocycles. The Kier molecular flexibility index (Phi) is 8.13. The Morgan fingerprint density at radius 1 is 1.08 bits per heavy atom. The number of halogens is 4. The van der Waals surface area contributed by atoms with Crippen LogP contribution in [0.15, 0.2) is 65.3 Å². The van der Waals surface area contributed by atoms with Crippen LogP contribution in [0.4, 0.5) is 10.5 Å². The number of pyridine rings is 1. The van der Waals surface area contributed by atoms with Gasteiger partial charge in [-0.3, -0.25) is 9.80 Å². The first-order valence-electron chi connectivity index (χ1n) is 12.1. The minimum Gasteiger partial charge on any atom is -0.334 e. The summed E-state index contributed by atoms with van der Waals surface area (Å²) < 4.78 is 1.06. The Labute approximate surface area is 240 Å². The van der Waals surface area contributed by atoms with Crippen molar-refractivity contribution in [3.8, 4) is 0 Å². The molecule has 2 aromatic carbocycles. The maximum Gasteiger partial charge on any atom is 0.322 e. The summed E-state index contributed by atoms with van der Waals surface area (Å²) in [5.74, 6) is 0. The first kappa shape index (κ1) is 26.5. The fraction of sp³-hybridized carbons (Fsp3) is 0.286. The zero-order chi connectivity index (χ0) is 26.0. The lowest BCUT2D eigenvalue weighted by molar-refractivity contribution is 0.179. The van der Waals surface area contributed by atoms with Crippen molar-refractivity contribution >= 4 is 68.5 Å². The number of rotatable bonds is 5. The van der Waals surface area contributed by atoms with Crippen molar-refractivity contribution < 1.29 is 4.79 Å². The van der Waals surface area contributed by atoms with E-state index in [0.717, 1.165) is 53.8 Å². The van der Waals surface area contributed by atoms with Gasteiger partial charge in [0.05, 0.1) is 15.7 Å². The summed E-state index contributed by atoms with van der Waals surface area (Å²) in [6, 6.07) is 15.3. The molecule has 5 rings (SSSR count). The van der Waals surface area contributed by atoms with Crippen LogP contribution in [-0.2, 0) is 12.0 Å². The number of nitrogens with one attached hydrogen (secondary N) is 1. The maximum absolute atomic E-state index is 13.3. The third kappa shape index (κ3) is 5.84. The standard InChI is InChI=1S/C28H26BrCl3N4O/c29-21-4-1-5-24-26(21)28(18-36(24)27(37)34-17-20-8-11-33-25(32)16-20)9-13-35(14-10-28)12-2-3-19-6-7-22(30)23(31)15-19/h1-8,11,15-16H,9-10,12-14,17-18H2,(H,34,37). The smallest absolute Gasteiger partial charge is 0.322 e. The number of carbonyl (C=O) groups excluding carboxylic acids is 1. The summed E-state index contributed by atoms with van der Waals surface area (Å²) in [6.07, 6.45) is 7.85. The van der Waals surface area contributed by atoms with Crippen molar-refractivity contribution in [1.29, 1.82) is 0 Å². The van der Waals surface area contributed by atoms with Crippen LogP contribution >= 0.6 is 50.7 Å². The largest absolute Gasteiger partial charge is 0.334 e. The molecule has 2 aliphatic heterocycles. The first-order chi connectivity index (χ1) is 17.8. The fourth-order valence-electron chi connectivity index (χ4n) is 5.26. The number of benzene rings is 2. The highest BCUT2D eigenvalue weighted by molar-refractivity contribution is 9.10. The molecular formula is C28H26BrCl3N4O. The van der Waals surface area contributed by atoms with Gasteiger partial charge in [0.2, 0.25) is 0 Å². The Morgan fingerprint density at radius 3 is 2.65 bits per heavy atom. The molecule has 0 unspecified atom stereocenters. The molecule has 0 saturated carbocycles. The molecule has 0 atom stereocenters. The Bertz CT molecular complexity index is 1340. The van der Waals surface area contributed by atoms with Gasteiger partial charge in [-0.05, 0) is 79.0 Å². The van der Waals surface area contributed by atoms with Crippen molar-refractivity contribution in [3.05, 3.63) is 97.2 Å². The number of fused-ring (bicyclic) bond motifs is 2. The van der Waals surface area contributed by atoms with E-state index in [-0.39, 0.29) is 11.4 Å². The van der Waals surface area contributed by atoms with Crippen LogP contribution in [0.3, 0.4) is 0 Å². The Morgan fingerprint density at radius 2 is 1.89 bits per heavy atom. The molecule has 2 amide bonds. The van der Waals surface area contributed by atoms with Crippen LogP contribution in [0.25, 0.3) is 6.08 Å². The summed E-state index contributed by atoms with van der Waals surface area (Å²) in [4.78, 5) is 21.7. The van der Waals surface area contributed by atoms with Crippen LogP contribution in [0.2, 0.25) is 15.2 Å². The first-order valence-corrected chi connectivity index (χ1v) is 14.1. The highest BCUT2D eigenvalue weighted by atomic mass is 79.9. The minimum absolute atomic E-state index is 0.0728. The number of piperidine rings is 1. The van der Waals surface area contributed by atoms with Gasteiger partial charge in [0.25, 0.3) is 0 Å². The van der Waals surface area contributed by atoms with Gasteiger partial charge in [0.1, 0.15) is 5.15 Å². The number of aromatic nitrogens is 1. The van der Waals surface area contributed by atoms with Gasteiger partial charge in [-0.25, -0.2) is 9.78 Å². The second kappa shape index (κ2) is 11.3. The predicted molar refractivity (Wildman–Crippen MR) is 156 cm³/mol. The molecule has 3 heterocycles. The molecule has 9 heteroatoms. The van der Waals surface area contributed by atoms with Gasteiger partial charge in [-0.2, -0.15) is 0 Å². The zero-order valence-electron chi connectivity index (χ0n) is 20.1. The van der Waals surface area contributed by atoms with Crippen LogP contribution < -0.4 is 10.2 Å². The van der Waals surface area contributed by atoms with E-state index in [0.29, 0.717) is 28.3 Å². The topological polar surface area (TPSA) is 48.5 Å². The summed E-state index contributed by atoms with van der Waals surface area (Å²) in [7, 11) is 0. The number of likely N-dealkylation sites (tertiary alicyclic amines) is 1. The minimum atomic E-state index is -0.101. The van der Waals surface area contributed by atoms with Crippen molar-refractivity contribution in [2.45, 2.75) is 24.8 Å². The lowest BCUT2D eigenvalue weighted by Crippen LogP contribution is -2.47. The number of nitrogens with zero attached hydrogens (tertiary/aromatic N) is 3. The monoisotopic (exact) mass is 618 g/mol. The summed E-state index contributed by atoms with van der Waals surface area (Å²) in [5, 5.41) is 4.60. The van der Waals surface area contributed by atoms with Crippen LogP contribution in [0.1, 0.15) is 29.5 Å². The van der Waals surface area contributed by atoms with Crippen LogP contribution in [0.5, 0.6) is 0 Å². The lowest BCUT2D eigenvalue weighted by Gasteiger charge is -2.39. The number of hydrogen-bond donors (Lipinski definition) is 1. The summed E-state index contributed by atoms with van der Waals surface area (Å²) >= 11 is 21.9. The summed E-state index contributed by atoms with van der Waals surface area (Å²) in [6.45, 7) is 3.83. The van der Waals surface area contributed by atoms with Crippen molar-refractivity contribution in [3.63, 3.8) is 0 Å². The highest BCUT2D eigenvalue weighted by Crippen LogP contribution is 2.50. The molecular weight excluding hydrogens is 595 g/mol. The molecule has 1 spiro atoms. The molecule has 0 radical (unpaired) electrons. The second-order valence-corrected chi connectivity index (χ2v) is 11.6. The van der Waals surface area contributed by atoms with Gasteiger partial charge < -0.3 is 5.32 Å². The number of urea groups is 1.